The fraction of sp³-hybridized carbons (Fsp3) is 0.500. The van der Waals surface area contributed by atoms with Crippen molar-refractivity contribution in [3.63, 3.8) is 0 Å². The Hall–Kier alpha value is -0.550. The smallest absolute Gasteiger partial charge is 0.393 e. The van der Waals surface area contributed by atoms with Crippen molar-refractivity contribution in [3.8, 4) is 0 Å². The first-order valence-corrected chi connectivity index (χ1v) is 6.11. The predicted molar refractivity (Wildman–Crippen MR) is 63.9 cm³/mol. The first-order valence-electron chi connectivity index (χ1n) is 5.32. The van der Waals surface area contributed by atoms with Crippen LogP contribution in [0.5, 0.6) is 0 Å². The van der Waals surface area contributed by atoms with Crippen LogP contribution in [0.1, 0.15) is 37.3 Å². The molecule has 1 rings (SSSR count). The van der Waals surface area contributed by atoms with Crippen molar-refractivity contribution in [2.75, 3.05) is 0 Å². The molecule has 2 atom stereocenters. The van der Waals surface area contributed by atoms with E-state index in [9.17, 15) is 18.3 Å². The van der Waals surface area contributed by atoms with Gasteiger partial charge in [0.05, 0.1) is 11.7 Å². The van der Waals surface area contributed by atoms with Gasteiger partial charge in [-0.3, -0.25) is 0 Å². The molecule has 0 heterocycles. The van der Waals surface area contributed by atoms with Crippen molar-refractivity contribution < 1.29 is 18.3 Å². The SMILES string of the molecule is CCC(c1ccc(C(F)(F)F)cc1Br)C(C)O. The Bertz CT molecular complexity index is 388. The lowest BCUT2D eigenvalue weighted by Gasteiger charge is -2.20. The molecule has 0 fully saturated rings. The normalized spacial score (nSPS) is 15.7. The zero-order valence-corrected chi connectivity index (χ0v) is 11.1. The number of aliphatic hydroxyl groups is 1. The van der Waals surface area contributed by atoms with Crippen molar-refractivity contribution in [1.82, 2.24) is 0 Å². The fourth-order valence-electron chi connectivity index (χ4n) is 1.83. The van der Waals surface area contributed by atoms with E-state index >= 15 is 0 Å². The Morgan fingerprint density at radius 1 is 1.35 bits per heavy atom. The molecule has 1 aromatic carbocycles. The summed E-state index contributed by atoms with van der Waals surface area (Å²) in [7, 11) is 0. The molecule has 0 aliphatic rings. The van der Waals surface area contributed by atoms with Crippen LogP contribution in [-0.4, -0.2) is 11.2 Å². The number of benzene rings is 1. The highest BCUT2D eigenvalue weighted by Gasteiger charge is 2.31. The number of aliphatic hydroxyl groups excluding tert-OH is 1. The first-order chi connectivity index (χ1) is 7.77. The molecule has 17 heavy (non-hydrogen) atoms. The summed E-state index contributed by atoms with van der Waals surface area (Å²) >= 11 is 3.14. The zero-order chi connectivity index (χ0) is 13.2. The van der Waals surface area contributed by atoms with Gasteiger partial charge in [0.25, 0.3) is 0 Å². The zero-order valence-electron chi connectivity index (χ0n) is 9.55. The molecule has 0 saturated heterocycles. The molecule has 1 nitrogen and oxygen atoms in total. The molecule has 0 aliphatic carbocycles. The quantitative estimate of drug-likeness (QED) is 0.880. The minimum atomic E-state index is -4.34. The van der Waals surface area contributed by atoms with Crippen LogP contribution in [0.2, 0.25) is 0 Å². The maximum atomic E-state index is 12.5. The van der Waals surface area contributed by atoms with Gasteiger partial charge in [-0.25, -0.2) is 0 Å². The van der Waals surface area contributed by atoms with E-state index in [0.29, 0.717) is 16.5 Å². The molecule has 1 aromatic rings. The van der Waals surface area contributed by atoms with Crippen LogP contribution < -0.4 is 0 Å². The third-order valence-electron chi connectivity index (χ3n) is 2.75. The summed E-state index contributed by atoms with van der Waals surface area (Å²) in [6.07, 6.45) is -4.26. The molecule has 0 saturated carbocycles. The summed E-state index contributed by atoms with van der Waals surface area (Å²) in [5.41, 5.74) is 0.0177. The van der Waals surface area contributed by atoms with E-state index in [1.165, 1.54) is 6.07 Å². The van der Waals surface area contributed by atoms with Gasteiger partial charge < -0.3 is 5.11 Å². The summed E-state index contributed by atoms with van der Waals surface area (Å²) in [5.74, 6) is -0.161. The first kappa shape index (κ1) is 14.5. The van der Waals surface area contributed by atoms with Crippen LogP contribution in [0, 0.1) is 0 Å². The molecule has 0 bridgehead atoms. The molecule has 0 amide bonds. The maximum Gasteiger partial charge on any atom is 0.416 e. The molecule has 0 radical (unpaired) electrons. The minimum Gasteiger partial charge on any atom is -0.393 e. The Balaban J connectivity index is 3.13. The molecule has 5 heteroatoms. The second kappa shape index (κ2) is 5.40. The van der Waals surface area contributed by atoms with Crippen LogP contribution in [0.25, 0.3) is 0 Å². The largest absolute Gasteiger partial charge is 0.416 e. The van der Waals surface area contributed by atoms with Gasteiger partial charge in [0, 0.05) is 10.4 Å². The van der Waals surface area contributed by atoms with E-state index in [2.05, 4.69) is 15.9 Å². The maximum absolute atomic E-state index is 12.5. The van der Waals surface area contributed by atoms with E-state index < -0.39 is 17.8 Å². The summed E-state index contributed by atoms with van der Waals surface area (Å²) in [6, 6.07) is 3.53. The second-order valence-electron chi connectivity index (χ2n) is 3.99. The van der Waals surface area contributed by atoms with Gasteiger partial charge in [0.1, 0.15) is 0 Å². The summed E-state index contributed by atoms with van der Waals surface area (Å²) < 4.78 is 37.8. The lowest BCUT2D eigenvalue weighted by atomic mass is 9.91. The van der Waals surface area contributed by atoms with Crippen LogP contribution in [-0.2, 0) is 6.18 Å². The van der Waals surface area contributed by atoms with Gasteiger partial charge in [-0.05, 0) is 31.0 Å². The second-order valence-corrected chi connectivity index (χ2v) is 4.84. The van der Waals surface area contributed by atoms with Crippen LogP contribution in [0.4, 0.5) is 13.2 Å². The van der Waals surface area contributed by atoms with Crippen molar-refractivity contribution in [2.24, 2.45) is 0 Å². The van der Waals surface area contributed by atoms with E-state index in [0.717, 1.165) is 12.1 Å². The Kier molecular flexibility index (Phi) is 4.61. The van der Waals surface area contributed by atoms with E-state index in [-0.39, 0.29) is 5.92 Å². The number of halogens is 4. The molecule has 0 aliphatic heterocycles. The summed E-state index contributed by atoms with van der Waals surface area (Å²) in [6.45, 7) is 3.53. The molecular formula is C12H14BrF3O. The molecule has 2 unspecified atom stereocenters. The lowest BCUT2D eigenvalue weighted by molar-refractivity contribution is -0.137. The third-order valence-corrected chi connectivity index (χ3v) is 3.44. The highest BCUT2D eigenvalue weighted by Crippen LogP contribution is 2.36. The monoisotopic (exact) mass is 310 g/mol. The van der Waals surface area contributed by atoms with Gasteiger partial charge in [0.15, 0.2) is 0 Å². The third kappa shape index (κ3) is 3.45. The van der Waals surface area contributed by atoms with Gasteiger partial charge in [-0.1, -0.05) is 28.9 Å². The molecule has 1 N–H and O–H groups in total. The summed E-state index contributed by atoms with van der Waals surface area (Å²) in [4.78, 5) is 0. The van der Waals surface area contributed by atoms with E-state index in [4.69, 9.17) is 0 Å². The lowest BCUT2D eigenvalue weighted by Crippen LogP contribution is -2.15. The van der Waals surface area contributed by atoms with Gasteiger partial charge >= 0.3 is 6.18 Å². The number of alkyl halides is 3. The van der Waals surface area contributed by atoms with Gasteiger partial charge in [-0.2, -0.15) is 13.2 Å². The summed E-state index contributed by atoms with van der Waals surface area (Å²) in [5, 5.41) is 9.58. The van der Waals surface area contributed by atoms with Crippen LogP contribution >= 0.6 is 15.9 Å². The minimum absolute atomic E-state index is 0.161. The standard InChI is InChI=1S/C12H14BrF3O/c1-3-9(7(2)17)10-5-4-8(6-11(10)13)12(14,15)16/h4-7,9,17H,3H2,1-2H3. The van der Waals surface area contributed by atoms with Gasteiger partial charge in [0.2, 0.25) is 0 Å². The molecule has 96 valence electrons. The van der Waals surface area contributed by atoms with E-state index in [1.54, 1.807) is 6.92 Å². The highest BCUT2D eigenvalue weighted by atomic mass is 79.9. The van der Waals surface area contributed by atoms with E-state index in [1.807, 2.05) is 6.92 Å². The Morgan fingerprint density at radius 3 is 2.29 bits per heavy atom. The molecule has 0 spiro atoms. The van der Waals surface area contributed by atoms with Crippen molar-refractivity contribution in [3.05, 3.63) is 33.8 Å². The molecular weight excluding hydrogens is 297 g/mol. The number of hydrogen-bond acceptors (Lipinski definition) is 1. The van der Waals surface area contributed by atoms with Crippen molar-refractivity contribution >= 4 is 15.9 Å². The van der Waals surface area contributed by atoms with Crippen LogP contribution in [0.3, 0.4) is 0 Å². The van der Waals surface area contributed by atoms with Gasteiger partial charge in [-0.15, -0.1) is 0 Å². The molecule has 0 aromatic heterocycles. The Morgan fingerprint density at radius 2 is 1.94 bits per heavy atom. The highest BCUT2D eigenvalue weighted by molar-refractivity contribution is 9.10. The number of hydrogen-bond donors (Lipinski definition) is 1. The van der Waals surface area contributed by atoms with Crippen LogP contribution in [0.15, 0.2) is 22.7 Å². The number of rotatable bonds is 3. The van der Waals surface area contributed by atoms with Crippen molar-refractivity contribution in [1.29, 1.82) is 0 Å². The Labute approximate surface area is 107 Å². The topological polar surface area (TPSA) is 20.2 Å². The predicted octanol–water partition coefficient (Wildman–Crippen LogP) is 4.34. The van der Waals surface area contributed by atoms with Crippen molar-refractivity contribution in [2.45, 2.75) is 38.5 Å². The average Bonchev–Trinajstić information content (AvgIpc) is 2.19. The average molecular weight is 311 g/mol. The fourth-order valence-corrected chi connectivity index (χ4v) is 2.50.